The van der Waals surface area contributed by atoms with Crippen molar-refractivity contribution in [3.63, 3.8) is 0 Å². The Hall–Kier alpha value is -2.56. The molecular weight excluding hydrogens is 345 g/mol. The van der Waals surface area contributed by atoms with Crippen LogP contribution in [0.15, 0.2) is 36.4 Å². The maximum Gasteiger partial charge on any atom is 0.405 e. The quantitative estimate of drug-likeness (QED) is 0.766. The molecule has 144 valence electrons. The SMILES string of the molecule is CCCOc1ccc(-c2ccc3c(c2)CCC(C)(C)C3OC(N)=O)cc1F. The van der Waals surface area contributed by atoms with E-state index < -0.39 is 6.09 Å². The molecule has 27 heavy (non-hydrogen) atoms. The molecule has 1 atom stereocenters. The first-order valence-electron chi connectivity index (χ1n) is 9.33. The van der Waals surface area contributed by atoms with Crippen LogP contribution < -0.4 is 10.5 Å². The number of halogens is 1. The Morgan fingerprint density at radius 3 is 2.59 bits per heavy atom. The molecule has 1 aliphatic carbocycles. The average molecular weight is 371 g/mol. The minimum atomic E-state index is -0.769. The molecule has 2 aromatic carbocycles. The summed E-state index contributed by atoms with van der Waals surface area (Å²) in [6.45, 7) is 6.62. The number of ether oxygens (including phenoxy) is 2. The number of hydrogen-bond acceptors (Lipinski definition) is 3. The molecule has 2 aromatic rings. The molecule has 0 radical (unpaired) electrons. The van der Waals surface area contributed by atoms with Crippen molar-refractivity contribution >= 4 is 6.09 Å². The molecule has 4 nitrogen and oxygen atoms in total. The van der Waals surface area contributed by atoms with Crippen molar-refractivity contribution in [2.75, 3.05) is 6.61 Å². The molecule has 0 aromatic heterocycles. The fourth-order valence-electron chi connectivity index (χ4n) is 3.62. The van der Waals surface area contributed by atoms with E-state index in [4.69, 9.17) is 15.2 Å². The van der Waals surface area contributed by atoms with E-state index in [2.05, 4.69) is 13.8 Å². The van der Waals surface area contributed by atoms with Gasteiger partial charge in [-0.2, -0.15) is 0 Å². The van der Waals surface area contributed by atoms with E-state index in [1.165, 1.54) is 6.07 Å². The van der Waals surface area contributed by atoms with Crippen LogP contribution in [0.25, 0.3) is 11.1 Å². The Bertz CT molecular complexity index is 847. The van der Waals surface area contributed by atoms with E-state index in [0.29, 0.717) is 6.61 Å². The number of aryl methyl sites for hydroxylation is 1. The van der Waals surface area contributed by atoms with Gasteiger partial charge in [0, 0.05) is 5.41 Å². The predicted octanol–water partition coefficient (Wildman–Crippen LogP) is 5.39. The number of benzene rings is 2. The summed E-state index contributed by atoms with van der Waals surface area (Å²) in [5, 5.41) is 0. The van der Waals surface area contributed by atoms with Crippen molar-refractivity contribution in [1.82, 2.24) is 0 Å². The zero-order chi connectivity index (χ0) is 19.6. The van der Waals surface area contributed by atoms with Crippen molar-refractivity contribution in [2.45, 2.75) is 46.1 Å². The number of amides is 1. The highest BCUT2D eigenvalue weighted by Crippen LogP contribution is 2.46. The Morgan fingerprint density at radius 1 is 1.22 bits per heavy atom. The van der Waals surface area contributed by atoms with Crippen LogP contribution >= 0.6 is 0 Å². The van der Waals surface area contributed by atoms with Gasteiger partial charge in [-0.3, -0.25) is 0 Å². The van der Waals surface area contributed by atoms with E-state index in [1.807, 2.05) is 31.2 Å². The van der Waals surface area contributed by atoms with Gasteiger partial charge in [0.05, 0.1) is 6.61 Å². The van der Waals surface area contributed by atoms with E-state index in [-0.39, 0.29) is 23.1 Å². The first-order chi connectivity index (χ1) is 12.8. The van der Waals surface area contributed by atoms with Gasteiger partial charge in [0.15, 0.2) is 11.6 Å². The molecule has 0 aliphatic heterocycles. The van der Waals surface area contributed by atoms with Crippen molar-refractivity contribution in [1.29, 1.82) is 0 Å². The lowest BCUT2D eigenvalue weighted by Crippen LogP contribution is -2.33. The zero-order valence-electron chi connectivity index (χ0n) is 16.0. The first kappa shape index (κ1) is 19.2. The van der Waals surface area contributed by atoms with Crippen LogP contribution in [-0.4, -0.2) is 12.7 Å². The lowest BCUT2D eigenvalue weighted by Gasteiger charge is -2.39. The number of primary amides is 1. The number of rotatable bonds is 5. The molecule has 0 bridgehead atoms. The number of hydrogen-bond donors (Lipinski definition) is 1. The number of nitrogens with two attached hydrogens (primary N) is 1. The van der Waals surface area contributed by atoms with Crippen LogP contribution in [0.5, 0.6) is 5.75 Å². The third kappa shape index (κ3) is 4.07. The van der Waals surface area contributed by atoms with Crippen LogP contribution in [0.4, 0.5) is 9.18 Å². The molecule has 5 heteroatoms. The summed E-state index contributed by atoms with van der Waals surface area (Å²) in [4.78, 5) is 11.3. The van der Waals surface area contributed by atoms with Gasteiger partial charge in [-0.15, -0.1) is 0 Å². The maximum absolute atomic E-state index is 14.3. The van der Waals surface area contributed by atoms with Crippen LogP contribution in [0.1, 0.15) is 50.8 Å². The third-order valence-electron chi connectivity index (χ3n) is 5.13. The molecule has 2 N–H and O–H groups in total. The van der Waals surface area contributed by atoms with Crippen molar-refractivity contribution in [3.05, 3.63) is 53.3 Å². The topological polar surface area (TPSA) is 61.6 Å². The minimum Gasteiger partial charge on any atom is -0.491 e. The molecule has 0 saturated carbocycles. The van der Waals surface area contributed by atoms with Crippen LogP contribution in [0, 0.1) is 11.2 Å². The van der Waals surface area contributed by atoms with E-state index >= 15 is 0 Å². The molecule has 1 unspecified atom stereocenters. The predicted molar refractivity (Wildman–Crippen MR) is 103 cm³/mol. The van der Waals surface area contributed by atoms with E-state index in [9.17, 15) is 9.18 Å². The molecule has 3 rings (SSSR count). The summed E-state index contributed by atoms with van der Waals surface area (Å²) in [5.41, 5.74) is 8.87. The number of carbonyl (C=O) groups excluding carboxylic acids is 1. The Morgan fingerprint density at radius 2 is 1.93 bits per heavy atom. The van der Waals surface area contributed by atoms with Gasteiger partial charge in [-0.1, -0.05) is 45.0 Å². The lowest BCUT2D eigenvalue weighted by atomic mass is 9.71. The average Bonchev–Trinajstić information content (AvgIpc) is 2.62. The van der Waals surface area contributed by atoms with Crippen molar-refractivity contribution < 1.29 is 18.7 Å². The van der Waals surface area contributed by atoms with Gasteiger partial charge in [0.2, 0.25) is 0 Å². The normalized spacial score (nSPS) is 17.9. The summed E-state index contributed by atoms with van der Waals surface area (Å²) in [6, 6.07) is 11.0. The Labute approximate surface area is 159 Å². The Balaban J connectivity index is 1.92. The summed E-state index contributed by atoms with van der Waals surface area (Å²) < 4.78 is 25.1. The van der Waals surface area contributed by atoms with Crippen LogP contribution in [-0.2, 0) is 11.2 Å². The van der Waals surface area contributed by atoms with Gasteiger partial charge in [0.25, 0.3) is 0 Å². The molecule has 1 amide bonds. The molecule has 0 heterocycles. The molecular formula is C22H26FNO3. The second-order valence-electron chi connectivity index (χ2n) is 7.71. The first-order valence-corrected chi connectivity index (χ1v) is 9.33. The molecule has 0 saturated heterocycles. The lowest BCUT2D eigenvalue weighted by molar-refractivity contribution is 0.0147. The van der Waals surface area contributed by atoms with Gasteiger partial charge in [-0.05, 0) is 53.6 Å². The summed E-state index contributed by atoms with van der Waals surface area (Å²) >= 11 is 0. The second-order valence-corrected chi connectivity index (χ2v) is 7.71. The van der Waals surface area contributed by atoms with E-state index in [0.717, 1.165) is 41.5 Å². The minimum absolute atomic E-state index is 0.187. The molecule has 0 fully saturated rings. The maximum atomic E-state index is 14.3. The zero-order valence-corrected chi connectivity index (χ0v) is 16.0. The van der Waals surface area contributed by atoms with Gasteiger partial charge >= 0.3 is 6.09 Å². The summed E-state index contributed by atoms with van der Waals surface area (Å²) in [7, 11) is 0. The van der Waals surface area contributed by atoms with Crippen molar-refractivity contribution in [2.24, 2.45) is 11.1 Å². The second kappa shape index (κ2) is 7.59. The van der Waals surface area contributed by atoms with Crippen molar-refractivity contribution in [3.8, 4) is 16.9 Å². The summed E-state index contributed by atoms with van der Waals surface area (Å²) in [6.07, 6.45) is 1.43. The highest BCUT2D eigenvalue weighted by atomic mass is 19.1. The van der Waals surface area contributed by atoms with Gasteiger partial charge in [-0.25, -0.2) is 9.18 Å². The highest BCUT2D eigenvalue weighted by Gasteiger charge is 2.38. The largest absolute Gasteiger partial charge is 0.491 e. The fraction of sp³-hybridized carbons (Fsp3) is 0.409. The van der Waals surface area contributed by atoms with E-state index in [1.54, 1.807) is 6.07 Å². The number of carbonyl (C=O) groups is 1. The number of fused-ring (bicyclic) bond motifs is 1. The molecule has 1 aliphatic rings. The Kier molecular flexibility index (Phi) is 5.40. The third-order valence-corrected chi connectivity index (χ3v) is 5.13. The van der Waals surface area contributed by atoms with Crippen LogP contribution in [0.2, 0.25) is 0 Å². The highest BCUT2D eigenvalue weighted by molar-refractivity contribution is 5.67. The smallest absolute Gasteiger partial charge is 0.405 e. The van der Waals surface area contributed by atoms with Crippen LogP contribution in [0.3, 0.4) is 0 Å². The van der Waals surface area contributed by atoms with Gasteiger partial charge in [0.1, 0.15) is 6.10 Å². The monoisotopic (exact) mass is 371 g/mol. The fourth-order valence-corrected chi connectivity index (χ4v) is 3.62. The van der Waals surface area contributed by atoms with Gasteiger partial charge < -0.3 is 15.2 Å². The standard InChI is InChI=1S/C22H26FNO3/c1-4-11-26-19-8-6-15(13-18(19)23)14-5-7-17-16(12-14)9-10-22(2,3)20(17)27-21(24)25/h5-8,12-13,20H,4,9-11H2,1-3H3,(H2,24,25). The molecule has 0 spiro atoms. The summed E-state index contributed by atoms with van der Waals surface area (Å²) in [5.74, 6) is -0.0926.